The number of benzene rings is 2. The number of carbonyl (C=O) groups excluding carboxylic acids is 1. The fourth-order valence-electron chi connectivity index (χ4n) is 2.11. The molecular formula is C16H18FN3O. The molecular weight excluding hydrogens is 269 g/mol. The van der Waals surface area contributed by atoms with E-state index in [1.54, 1.807) is 37.4 Å². The molecule has 0 atom stereocenters. The number of hydrogen-bond acceptors (Lipinski definition) is 3. The minimum absolute atomic E-state index is 0.161. The van der Waals surface area contributed by atoms with Crippen LogP contribution in [0.4, 0.5) is 15.8 Å². The molecule has 0 heterocycles. The molecule has 110 valence electrons. The third-order valence-electron chi connectivity index (χ3n) is 3.26. The van der Waals surface area contributed by atoms with Crippen LogP contribution in [-0.2, 0) is 6.54 Å². The minimum Gasteiger partial charge on any atom is -0.397 e. The van der Waals surface area contributed by atoms with Gasteiger partial charge in [-0.1, -0.05) is 12.1 Å². The second-order valence-corrected chi connectivity index (χ2v) is 4.84. The van der Waals surface area contributed by atoms with E-state index in [2.05, 4.69) is 5.32 Å². The van der Waals surface area contributed by atoms with Gasteiger partial charge in [-0.2, -0.15) is 0 Å². The van der Waals surface area contributed by atoms with E-state index in [9.17, 15) is 9.18 Å². The van der Waals surface area contributed by atoms with E-state index in [4.69, 9.17) is 5.73 Å². The molecule has 4 nitrogen and oxygen atoms in total. The molecule has 2 rings (SSSR count). The number of nitrogens with two attached hydrogens (primary N) is 1. The average molecular weight is 287 g/mol. The van der Waals surface area contributed by atoms with Gasteiger partial charge in [-0.05, 0) is 35.9 Å². The van der Waals surface area contributed by atoms with Gasteiger partial charge in [0.25, 0.3) is 5.91 Å². The number of hydrogen-bond donors (Lipinski definition) is 2. The molecule has 21 heavy (non-hydrogen) atoms. The summed E-state index contributed by atoms with van der Waals surface area (Å²) in [5.74, 6) is -0.422. The van der Waals surface area contributed by atoms with Crippen LogP contribution in [0.15, 0.2) is 42.5 Å². The number of rotatable bonds is 4. The molecule has 0 bridgehead atoms. The molecule has 0 saturated heterocycles. The summed E-state index contributed by atoms with van der Waals surface area (Å²) in [7, 11) is 3.46. The third kappa shape index (κ3) is 3.51. The van der Waals surface area contributed by atoms with Crippen molar-refractivity contribution < 1.29 is 9.18 Å². The summed E-state index contributed by atoms with van der Waals surface area (Å²) in [6, 6.07) is 11.4. The van der Waals surface area contributed by atoms with Gasteiger partial charge in [0.1, 0.15) is 5.82 Å². The first-order chi connectivity index (χ1) is 10.0. The number of anilines is 2. The molecule has 0 aliphatic rings. The maximum atomic E-state index is 12.9. The lowest BCUT2D eigenvalue weighted by molar-refractivity contribution is 0.0963. The summed E-state index contributed by atoms with van der Waals surface area (Å²) in [6.45, 7) is 0.571. The standard InChI is InChI=1S/C16H18FN3O/c1-19-16(21)12-5-8-14(18)15(9-12)20(2)10-11-3-6-13(17)7-4-11/h3-9H,10,18H2,1-2H3,(H,19,21). The highest BCUT2D eigenvalue weighted by Gasteiger charge is 2.10. The number of nitrogen functional groups attached to an aromatic ring is 1. The first-order valence-corrected chi connectivity index (χ1v) is 6.58. The average Bonchev–Trinajstić information content (AvgIpc) is 2.49. The van der Waals surface area contributed by atoms with Crippen LogP contribution in [0.2, 0.25) is 0 Å². The normalized spacial score (nSPS) is 10.2. The van der Waals surface area contributed by atoms with Crippen LogP contribution in [-0.4, -0.2) is 20.0 Å². The van der Waals surface area contributed by atoms with Gasteiger partial charge in [0.05, 0.1) is 11.4 Å². The highest BCUT2D eigenvalue weighted by atomic mass is 19.1. The molecule has 0 radical (unpaired) electrons. The molecule has 0 aliphatic heterocycles. The highest BCUT2D eigenvalue weighted by molar-refractivity contribution is 5.96. The number of amides is 1. The fraction of sp³-hybridized carbons (Fsp3) is 0.188. The molecule has 0 spiro atoms. The first-order valence-electron chi connectivity index (χ1n) is 6.58. The van der Waals surface area contributed by atoms with Crippen molar-refractivity contribution in [1.82, 2.24) is 5.32 Å². The summed E-state index contributed by atoms with van der Waals surface area (Å²) in [5.41, 5.74) is 8.84. The smallest absolute Gasteiger partial charge is 0.251 e. The van der Waals surface area contributed by atoms with Gasteiger partial charge in [-0.15, -0.1) is 0 Å². The van der Waals surface area contributed by atoms with Crippen molar-refractivity contribution in [1.29, 1.82) is 0 Å². The quantitative estimate of drug-likeness (QED) is 0.849. The number of carbonyl (C=O) groups is 1. The third-order valence-corrected chi connectivity index (χ3v) is 3.26. The zero-order chi connectivity index (χ0) is 15.4. The van der Waals surface area contributed by atoms with Crippen LogP contribution in [0.5, 0.6) is 0 Å². The monoisotopic (exact) mass is 287 g/mol. The lowest BCUT2D eigenvalue weighted by Gasteiger charge is -2.22. The summed E-state index contributed by atoms with van der Waals surface area (Å²) in [6.07, 6.45) is 0. The molecule has 5 heteroatoms. The van der Waals surface area contributed by atoms with Gasteiger partial charge in [0, 0.05) is 26.2 Å². The Balaban J connectivity index is 2.23. The lowest BCUT2D eigenvalue weighted by atomic mass is 10.1. The van der Waals surface area contributed by atoms with E-state index in [1.807, 2.05) is 11.9 Å². The Hall–Kier alpha value is -2.56. The van der Waals surface area contributed by atoms with Gasteiger partial charge >= 0.3 is 0 Å². The molecule has 3 N–H and O–H groups in total. The highest BCUT2D eigenvalue weighted by Crippen LogP contribution is 2.25. The van der Waals surface area contributed by atoms with E-state index < -0.39 is 0 Å². The van der Waals surface area contributed by atoms with Gasteiger partial charge in [-0.3, -0.25) is 4.79 Å². The van der Waals surface area contributed by atoms with Crippen molar-refractivity contribution in [3.63, 3.8) is 0 Å². The van der Waals surface area contributed by atoms with Crippen molar-refractivity contribution in [3.05, 3.63) is 59.4 Å². The summed E-state index contributed by atoms with van der Waals surface area (Å²) >= 11 is 0. The summed E-state index contributed by atoms with van der Waals surface area (Å²) in [5, 5.41) is 2.58. The maximum Gasteiger partial charge on any atom is 0.251 e. The van der Waals surface area contributed by atoms with Crippen LogP contribution in [0.3, 0.4) is 0 Å². The molecule has 2 aromatic carbocycles. The van der Waals surface area contributed by atoms with Crippen molar-refractivity contribution in [2.75, 3.05) is 24.7 Å². The number of nitrogens with zero attached hydrogens (tertiary/aromatic N) is 1. The molecule has 0 unspecified atom stereocenters. The van der Waals surface area contributed by atoms with Crippen LogP contribution in [0.25, 0.3) is 0 Å². The Bertz CT molecular complexity index is 640. The van der Waals surface area contributed by atoms with Gasteiger partial charge in [-0.25, -0.2) is 4.39 Å². The SMILES string of the molecule is CNC(=O)c1ccc(N)c(N(C)Cc2ccc(F)cc2)c1. The predicted molar refractivity (Wildman–Crippen MR) is 82.8 cm³/mol. The molecule has 0 saturated carbocycles. The van der Waals surface area contributed by atoms with Crippen molar-refractivity contribution >= 4 is 17.3 Å². The Morgan fingerprint density at radius 2 is 1.90 bits per heavy atom. The molecule has 0 fully saturated rings. The van der Waals surface area contributed by atoms with Crippen LogP contribution < -0.4 is 16.0 Å². The maximum absolute atomic E-state index is 12.9. The largest absolute Gasteiger partial charge is 0.397 e. The van der Waals surface area contributed by atoms with E-state index >= 15 is 0 Å². The Labute approximate surface area is 123 Å². The van der Waals surface area contributed by atoms with E-state index in [1.165, 1.54) is 12.1 Å². The van der Waals surface area contributed by atoms with Gasteiger partial charge in [0.15, 0.2) is 0 Å². The number of halogens is 1. The molecule has 2 aromatic rings. The van der Waals surface area contributed by atoms with Gasteiger partial charge in [0.2, 0.25) is 0 Å². The Morgan fingerprint density at radius 3 is 2.52 bits per heavy atom. The van der Waals surface area contributed by atoms with E-state index in [-0.39, 0.29) is 11.7 Å². The Morgan fingerprint density at radius 1 is 1.24 bits per heavy atom. The first kappa shape index (κ1) is 14.8. The van der Waals surface area contributed by atoms with Crippen molar-refractivity contribution in [2.24, 2.45) is 0 Å². The lowest BCUT2D eigenvalue weighted by Crippen LogP contribution is -2.21. The molecule has 1 amide bonds. The second-order valence-electron chi connectivity index (χ2n) is 4.84. The van der Waals surface area contributed by atoms with Crippen LogP contribution in [0, 0.1) is 5.82 Å². The van der Waals surface area contributed by atoms with Crippen LogP contribution in [0.1, 0.15) is 15.9 Å². The second kappa shape index (κ2) is 6.26. The summed E-state index contributed by atoms with van der Waals surface area (Å²) in [4.78, 5) is 13.6. The zero-order valence-electron chi connectivity index (χ0n) is 12.1. The Kier molecular flexibility index (Phi) is 4.42. The molecule has 0 aromatic heterocycles. The minimum atomic E-state index is -0.262. The topological polar surface area (TPSA) is 58.4 Å². The van der Waals surface area contributed by atoms with Crippen LogP contribution >= 0.6 is 0 Å². The zero-order valence-corrected chi connectivity index (χ0v) is 12.1. The fourth-order valence-corrected chi connectivity index (χ4v) is 2.11. The van der Waals surface area contributed by atoms with Gasteiger partial charge < -0.3 is 16.0 Å². The van der Waals surface area contributed by atoms with Crippen molar-refractivity contribution in [3.8, 4) is 0 Å². The molecule has 0 aliphatic carbocycles. The predicted octanol–water partition coefficient (Wildman–Crippen LogP) is 2.40. The van der Waals surface area contributed by atoms with Crippen molar-refractivity contribution in [2.45, 2.75) is 6.54 Å². The van der Waals surface area contributed by atoms with E-state index in [0.717, 1.165) is 11.3 Å². The summed E-state index contributed by atoms with van der Waals surface area (Å²) < 4.78 is 12.9. The van der Waals surface area contributed by atoms with E-state index in [0.29, 0.717) is 17.8 Å². The number of nitrogens with one attached hydrogen (secondary N) is 1.